The van der Waals surface area contributed by atoms with Gasteiger partial charge in [0.2, 0.25) is 0 Å². The van der Waals surface area contributed by atoms with E-state index in [1.807, 2.05) is 36.2 Å². The summed E-state index contributed by atoms with van der Waals surface area (Å²) in [6.07, 6.45) is 5.92. The average Bonchev–Trinajstić information content (AvgIpc) is 2.63. The third kappa shape index (κ3) is 4.16. The number of rotatable bonds is 3. The second-order valence-electron chi connectivity index (χ2n) is 6.46. The fraction of sp³-hybridized carbons (Fsp3) is 0.611. The lowest BCUT2D eigenvalue weighted by Gasteiger charge is -2.39. The highest BCUT2D eigenvalue weighted by molar-refractivity contribution is 5.71. The summed E-state index contributed by atoms with van der Waals surface area (Å²) >= 11 is 0. The van der Waals surface area contributed by atoms with Crippen molar-refractivity contribution in [2.45, 2.75) is 38.1 Å². The minimum atomic E-state index is -0.223. The molecule has 0 aromatic heterocycles. The third-order valence-corrected chi connectivity index (χ3v) is 4.98. The highest BCUT2D eigenvalue weighted by atomic mass is 16.6. The summed E-state index contributed by atoms with van der Waals surface area (Å²) in [4.78, 5) is 16.7. The molecule has 5 nitrogen and oxygen atoms in total. The van der Waals surface area contributed by atoms with E-state index in [0.29, 0.717) is 11.8 Å². The highest BCUT2D eigenvalue weighted by Crippen LogP contribution is 2.22. The second-order valence-corrected chi connectivity index (χ2v) is 6.46. The van der Waals surface area contributed by atoms with Gasteiger partial charge in [0.1, 0.15) is 5.75 Å². The van der Waals surface area contributed by atoms with Gasteiger partial charge in [-0.1, -0.05) is 6.42 Å². The van der Waals surface area contributed by atoms with Crippen LogP contribution < -0.4 is 10.1 Å². The molecule has 1 aromatic carbocycles. The van der Waals surface area contributed by atoms with Gasteiger partial charge in [0.25, 0.3) is 0 Å². The van der Waals surface area contributed by atoms with Crippen molar-refractivity contribution in [3.63, 3.8) is 0 Å². The molecule has 2 fully saturated rings. The van der Waals surface area contributed by atoms with E-state index in [-0.39, 0.29) is 6.09 Å². The number of likely N-dealkylation sites (tertiary alicyclic amines) is 2. The van der Waals surface area contributed by atoms with Crippen molar-refractivity contribution in [1.29, 1.82) is 0 Å². The van der Waals surface area contributed by atoms with Crippen LogP contribution in [-0.2, 0) is 0 Å². The van der Waals surface area contributed by atoms with Crippen LogP contribution in [-0.4, -0.2) is 55.2 Å². The number of piperidine rings is 2. The molecule has 0 bridgehead atoms. The molecule has 2 aliphatic rings. The molecule has 3 rings (SSSR count). The molecule has 0 radical (unpaired) electrons. The number of carbonyl (C=O) groups is 1. The van der Waals surface area contributed by atoms with Crippen LogP contribution >= 0.6 is 0 Å². The molecular formula is C18H27N3O2. The first-order valence-electron chi connectivity index (χ1n) is 8.75. The van der Waals surface area contributed by atoms with Crippen LogP contribution in [0.5, 0.6) is 5.75 Å². The lowest BCUT2D eigenvalue weighted by Crippen LogP contribution is -2.48. The average molecular weight is 317 g/mol. The minimum absolute atomic E-state index is 0.223. The summed E-state index contributed by atoms with van der Waals surface area (Å²) in [6, 6.07) is 8.11. The summed E-state index contributed by atoms with van der Waals surface area (Å²) in [7, 11) is 1.87. The van der Waals surface area contributed by atoms with Gasteiger partial charge < -0.3 is 19.9 Å². The van der Waals surface area contributed by atoms with Gasteiger partial charge in [-0.2, -0.15) is 0 Å². The van der Waals surface area contributed by atoms with Crippen molar-refractivity contribution in [2.75, 3.05) is 38.5 Å². The summed E-state index contributed by atoms with van der Waals surface area (Å²) in [5, 5.41) is 3.05. The van der Waals surface area contributed by atoms with Crippen molar-refractivity contribution >= 4 is 11.8 Å². The Labute approximate surface area is 138 Å². The number of amides is 1. The van der Waals surface area contributed by atoms with Crippen molar-refractivity contribution in [3.8, 4) is 5.75 Å². The van der Waals surface area contributed by atoms with Gasteiger partial charge in [0.15, 0.2) is 0 Å². The number of nitrogens with one attached hydrogen (secondary N) is 1. The standard InChI is InChI=1S/C18H27N3O2/c1-19-15-5-7-17(8-6-15)23-18(22)21-13-9-16(10-14-21)20-11-3-2-4-12-20/h5-8,16,19H,2-4,9-14H2,1H3. The van der Waals surface area contributed by atoms with Gasteiger partial charge >= 0.3 is 6.09 Å². The summed E-state index contributed by atoms with van der Waals surface area (Å²) in [5.41, 5.74) is 1.01. The number of hydrogen-bond acceptors (Lipinski definition) is 4. The van der Waals surface area contributed by atoms with E-state index in [0.717, 1.165) is 31.6 Å². The molecule has 126 valence electrons. The van der Waals surface area contributed by atoms with Crippen LogP contribution in [0.3, 0.4) is 0 Å². The number of anilines is 1. The zero-order valence-corrected chi connectivity index (χ0v) is 14.0. The van der Waals surface area contributed by atoms with E-state index >= 15 is 0 Å². The first-order valence-corrected chi connectivity index (χ1v) is 8.75. The fourth-order valence-electron chi connectivity index (χ4n) is 3.55. The maximum atomic E-state index is 12.3. The molecule has 1 N–H and O–H groups in total. The molecule has 1 amide bonds. The zero-order chi connectivity index (χ0) is 16.1. The molecule has 0 aliphatic carbocycles. The van der Waals surface area contributed by atoms with Gasteiger partial charge in [-0.25, -0.2) is 4.79 Å². The van der Waals surface area contributed by atoms with E-state index in [9.17, 15) is 4.79 Å². The smallest absolute Gasteiger partial charge is 0.410 e. The number of hydrogen-bond donors (Lipinski definition) is 1. The third-order valence-electron chi connectivity index (χ3n) is 4.98. The molecule has 2 heterocycles. The van der Waals surface area contributed by atoms with Crippen molar-refractivity contribution in [3.05, 3.63) is 24.3 Å². The molecule has 2 aliphatic heterocycles. The Hall–Kier alpha value is -1.75. The molecule has 0 atom stereocenters. The van der Waals surface area contributed by atoms with Crippen molar-refractivity contribution < 1.29 is 9.53 Å². The topological polar surface area (TPSA) is 44.8 Å². The first-order chi connectivity index (χ1) is 11.3. The fourth-order valence-corrected chi connectivity index (χ4v) is 3.55. The van der Waals surface area contributed by atoms with Gasteiger partial charge in [0, 0.05) is 31.9 Å². The predicted octanol–water partition coefficient (Wildman–Crippen LogP) is 3.18. The zero-order valence-electron chi connectivity index (χ0n) is 14.0. The second kappa shape index (κ2) is 7.68. The van der Waals surface area contributed by atoms with E-state index < -0.39 is 0 Å². The Morgan fingerprint density at radius 3 is 2.30 bits per heavy atom. The maximum Gasteiger partial charge on any atom is 0.415 e. The van der Waals surface area contributed by atoms with E-state index in [1.165, 1.54) is 32.4 Å². The van der Waals surface area contributed by atoms with Crippen LogP contribution in [0.1, 0.15) is 32.1 Å². The number of benzene rings is 1. The highest BCUT2D eigenvalue weighted by Gasteiger charge is 2.28. The Balaban J connectivity index is 1.47. The van der Waals surface area contributed by atoms with Crippen LogP contribution in [0.4, 0.5) is 10.5 Å². The van der Waals surface area contributed by atoms with E-state index in [2.05, 4.69) is 10.2 Å². The monoisotopic (exact) mass is 317 g/mol. The summed E-state index contributed by atoms with van der Waals surface area (Å²) < 4.78 is 5.48. The summed E-state index contributed by atoms with van der Waals surface area (Å²) in [6.45, 7) is 4.06. The SMILES string of the molecule is CNc1ccc(OC(=O)N2CCC(N3CCCCC3)CC2)cc1. The minimum Gasteiger partial charge on any atom is -0.410 e. The van der Waals surface area contributed by atoms with E-state index in [1.54, 1.807) is 0 Å². The molecule has 5 heteroatoms. The lowest BCUT2D eigenvalue weighted by molar-refractivity contribution is 0.0878. The van der Waals surface area contributed by atoms with Gasteiger partial charge in [-0.15, -0.1) is 0 Å². The molecular weight excluding hydrogens is 290 g/mol. The normalized spacial score (nSPS) is 20.3. The summed E-state index contributed by atoms with van der Waals surface area (Å²) in [5.74, 6) is 0.604. The van der Waals surface area contributed by atoms with Crippen LogP contribution in [0, 0.1) is 0 Å². The predicted molar refractivity (Wildman–Crippen MR) is 92.0 cm³/mol. The molecule has 1 aromatic rings. The lowest BCUT2D eigenvalue weighted by atomic mass is 10.0. The number of ether oxygens (including phenoxy) is 1. The molecule has 2 saturated heterocycles. The maximum absolute atomic E-state index is 12.3. The molecule has 0 spiro atoms. The van der Waals surface area contributed by atoms with Crippen LogP contribution in [0.15, 0.2) is 24.3 Å². The Morgan fingerprint density at radius 2 is 1.70 bits per heavy atom. The Bertz CT molecular complexity index is 504. The number of carbonyl (C=O) groups excluding carboxylic acids is 1. The Kier molecular flexibility index (Phi) is 5.39. The molecule has 0 saturated carbocycles. The van der Waals surface area contributed by atoms with Crippen LogP contribution in [0.25, 0.3) is 0 Å². The molecule has 23 heavy (non-hydrogen) atoms. The largest absolute Gasteiger partial charge is 0.415 e. The quantitative estimate of drug-likeness (QED) is 0.930. The van der Waals surface area contributed by atoms with E-state index in [4.69, 9.17) is 4.74 Å². The van der Waals surface area contributed by atoms with Crippen LogP contribution in [0.2, 0.25) is 0 Å². The number of nitrogens with zero attached hydrogens (tertiary/aromatic N) is 2. The van der Waals surface area contributed by atoms with Crippen molar-refractivity contribution in [2.24, 2.45) is 0 Å². The van der Waals surface area contributed by atoms with Crippen molar-refractivity contribution in [1.82, 2.24) is 9.80 Å². The van der Waals surface area contributed by atoms with Gasteiger partial charge in [-0.3, -0.25) is 0 Å². The van der Waals surface area contributed by atoms with Gasteiger partial charge in [0.05, 0.1) is 0 Å². The molecule has 0 unspecified atom stereocenters. The van der Waals surface area contributed by atoms with Gasteiger partial charge in [-0.05, 0) is 63.0 Å². The Morgan fingerprint density at radius 1 is 1.04 bits per heavy atom. The first kappa shape index (κ1) is 16.1.